The van der Waals surface area contributed by atoms with Crippen LogP contribution in [0.1, 0.15) is 25.8 Å². The molecule has 0 aliphatic carbocycles. The molecule has 0 amide bonds. The molecule has 0 atom stereocenters. The SMILES string of the molecule is Cc1c(Br)cccc1NCCC(C)(C)O. The van der Waals surface area contributed by atoms with E-state index < -0.39 is 5.60 Å². The van der Waals surface area contributed by atoms with Gasteiger partial charge in [0.2, 0.25) is 0 Å². The third-order valence-corrected chi connectivity index (χ3v) is 3.18. The second-order valence-corrected chi connectivity index (χ2v) is 5.26. The minimum Gasteiger partial charge on any atom is -0.390 e. The fraction of sp³-hybridized carbons (Fsp3) is 0.500. The van der Waals surface area contributed by atoms with Crippen molar-refractivity contribution in [2.75, 3.05) is 11.9 Å². The average Bonchev–Trinajstić information content (AvgIpc) is 2.10. The summed E-state index contributed by atoms with van der Waals surface area (Å²) in [5.41, 5.74) is 1.72. The number of anilines is 1. The maximum Gasteiger partial charge on any atom is 0.0608 e. The van der Waals surface area contributed by atoms with Gasteiger partial charge in [0.15, 0.2) is 0 Å². The van der Waals surface area contributed by atoms with Crippen molar-refractivity contribution in [1.82, 2.24) is 0 Å². The van der Waals surface area contributed by atoms with Gasteiger partial charge in [-0.25, -0.2) is 0 Å². The maximum absolute atomic E-state index is 9.57. The van der Waals surface area contributed by atoms with Crippen LogP contribution in [-0.2, 0) is 0 Å². The van der Waals surface area contributed by atoms with Crippen LogP contribution in [0, 0.1) is 6.92 Å². The van der Waals surface area contributed by atoms with E-state index >= 15 is 0 Å². The second-order valence-electron chi connectivity index (χ2n) is 4.40. The van der Waals surface area contributed by atoms with E-state index in [4.69, 9.17) is 0 Å². The van der Waals surface area contributed by atoms with Gasteiger partial charge < -0.3 is 10.4 Å². The van der Waals surface area contributed by atoms with Crippen LogP contribution in [0.25, 0.3) is 0 Å². The molecular formula is C12H18BrNO. The Kier molecular flexibility index (Phi) is 4.17. The molecule has 0 radical (unpaired) electrons. The first kappa shape index (κ1) is 12.5. The third kappa shape index (κ3) is 4.22. The summed E-state index contributed by atoms with van der Waals surface area (Å²) >= 11 is 3.49. The van der Waals surface area contributed by atoms with Gasteiger partial charge in [-0.1, -0.05) is 22.0 Å². The Labute approximate surface area is 99.8 Å². The Morgan fingerprint density at radius 1 is 1.40 bits per heavy atom. The molecule has 0 aliphatic rings. The van der Waals surface area contributed by atoms with Crippen LogP contribution in [0.2, 0.25) is 0 Å². The molecule has 84 valence electrons. The minimum absolute atomic E-state index is 0.604. The monoisotopic (exact) mass is 271 g/mol. The molecule has 2 N–H and O–H groups in total. The van der Waals surface area contributed by atoms with E-state index in [9.17, 15) is 5.11 Å². The first-order chi connectivity index (χ1) is 6.90. The van der Waals surface area contributed by atoms with Crippen molar-refractivity contribution in [3.63, 3.8) is 0 Å². The van der Waals surface area contributed by atoms with Gasteiger partial charge in [0.25, 0.3) is 0 Å². The van der Waals surface area contributed by atoms with Crippen LogP contribution in [0.15, 0.2) is 22.7 Å². The lowest BCUT2D eigenvalue weighted by molar-refractivity contribution is 0.0749. The fourth-order valence-corrected chi connectivity index (χ4v) is 1.67. The highest BCUT2D eigenvalue weighted by Gasteiger charge is 2.11. The maximum atomic E-state index is 9.57. The van der Waals surface area contributed by atoms with E-state index in [0.29, 0.717) is 0 Å². The molecule has 0 fully saturated rings. The van der Waals surface area contributed by atoms with Crippen LogP contribution in [0.4, 0.5) is 5.69 Å². The van der Waals surface area contributed by atoms with Crippen LogP contribution in [0.3, 0.4) is 0 Å². The number of halogens is 1. The predicted molar refractivity (Wildman–Crippen MR) is 68.3 cm³/mol. The van der Waals surface area contributed by atoms with Crippen LogP contribution in [-0.4, -0.2) is 17.3 Å². The first-order valence-electron chi connectivity index (χ1n) is 5.11. The number of hydrogen-bond donors (Lipinski definition) is 2. The molecule has 0 aliphatic heterocycles. The minimum atomic E-state index is -0.604. The van der Waals surface area contributed by atoms with Crippen molar-refractivity contribution in [3.8, 4) is 0 Å². The Balaban J connectivity index is 2.55. The summed E-state index contributed by atoms with van der Waals surface area (Å²) in [4.78, 5) is 0. The van der Waals surface area contributed by atoms with Crippen LogP contribution in [0.5, 0.6) is 0 Å². The zero-order valence-corrected chi connectivity index (χ0v) is 11.1. The van der Waals surface area contributed by atoms with E-state index in [1.54, 1.807) is 0 Å². The predicted octanol–water partition coefficient (Wildman–Crippen LogP) is 3.33. The highest BCUT2D eigenvalue weighted by molar-refractivity contribution is 9.10. The van der Waals surface area contributed by atoms with Crippen molar-refractivity contribution < 1.29 is 5.11 Å². The number of hydrogen-bond acceptors (Lipinski definition) is 2. The lowest BCUT2D eigenvalue weighted by Gasteiger charge is -2.18. The van der Waals surface area contributed by atoms with Crippen molar-refractivity contribution in [2.24, 2.45) is 0 Å². The Morgan fingerprint density at radius 2 is 2.07 bits per heavy atom. The van der Waals surface area contributed by atoms with Gasteiger partial charge in [-0.15, -0.1) is 0 Å². The van der Waals surface area contributed by atoms with E-state index in [-0.39, 0.29) is 0 Å². The van der Waals surface area contributed by atoms with Gasteiger partial charge in [0, 0.05) is 16.7 Å². The van der Waals surface area contributed by atoms with Crippen molar-refractivity contribution in [1.29, 1.82) is 0 Å². The van der Waals surface area contributed by atoms with Gasteiger partial charge in [-0.3, -0.25) is 0 Å². The molecule has 1 aromatic carbocycles. The molecule has 0 heterocycles. The summed E-state index contributed by atoms with van der Waals surface area (Å²) in [6.07, 6.45) is 0.735. The molecule has 2 nitrogen and oxygen atoms in total. The lowest BCUT2D eigenvalue weighted by Crippen LogP contribution is -2.22. The number of aliphatic hydroxyl groups is 1. The average molecular weight is 272 g/mol. The summed E-state index contributed by atoms with van der Waals surface area (Å²) in [6, 6.07) is 6.07. The molecule has 0 spiro atoms. The van der Waals surface area contributed by atoms with E-state index in [1.165, 1.54) is 5.56 Å². The molecule has 1 rings (SSSR count). The molecule has 0 saturated heterocycles. The van der Waals surface area contributed by atoms with Gasteiger partial charge in [-0.2, -0.15) is 0 Å². The lowest BCUT2D eigenvalue weighted by atomic mass is 10.1. The highest BCUT2D eigenvalue weighted by atomic mass is 79.9. The first-order valence-corrected chi connectivity index (χ1v) is 5.91. The largest absolute Gasteiger partial charge is 0.390 e. The van der Waals surface area contributed by atoms with Crippen molar-refractivity contribution in [3.05, 3.63) is 28.2 Å². The molecule has 0 saturated carbocycles. The molecule has 3 heteroatoms. The van der Waals surface area contributed by atoms with Crippen molar-refractivity contribution >= 4 is 21.6 Å². The zero-order chi connectivity index (χ0) is 11.5. The van der Waals surface area contributed by atoms with E-state index in [1.807, 2.05) is 32.0 Å². The summed E-state index contributed by atoms with van der Waals surface area (Å²) in [5.74, 6) is 0. The normalized spacial score (nSPS) is 11.5. The summed E-state index contributed by atoms with van der Waals surface area (Å²) in [6.45, 7) is 6.49. The van der Waals surface area contributed by atoms with Gasteiger partial charge in [-0.05, 0) is 44.9 Å². The van der Waals surface area contributed by atoms with Gasteiger partial charge in [0.05, 0.1) is 5.60 Å². The van der Waals surface area contributed by atoms with Gasteiger partial charge in [0.1, 0.15) is 0 Å². The number of nitrogens with one attached hydrogen (secondary N) is 1. The molecular weight excluding hydrogens is 254 g/mol. The summed E-state index contributed by atoms with van der Waals surface area (Å²) < 4.78 is 1.11. The fourth-order valence-electron chi connectivity index (χ4n) is 1.30. The smallest absolute Gasteiger partial charge is 0.0608 e. The standard InChI is InChI=1S/C12H18BrNO/c1-9-10(13)5-4-6-11(9)14-8-7-12(2,3)15/h4-6,14-15H,7-8H2,1-3H3. The van der Waals surface area contributed by atoms with Crippen molar-refractivity contribution in [2.45, 2.75) is 32.8 Å². The topological polar surface area (TPSA) is 32.3 Å². The van der Waals surface area contributed by atoms with Crippen LogP contribution >= 0.6 is 15.9 Å². The second kappa shape index (κ2) is 4.99. The zero-order valence-electron chi connectivity index (χ0n) is 9.47. The Hall–Kier alpha value is -0.540. The summed E-state index contributed by atoms with van der Waals surface area (Å²) in [7, 11) is 0. The van der Waals surface area contributed by atoms with E-state index in [2.05, 4.69) is 28.2 Å². The molecule has 0 bridgehead atoms. The summed E-state index contributed by atoms with van der Waals surface area (Å²) in [5, 5.41) is 12.9. The highest BCUT2D eigenvalue weighted by Crippen LogP contribution is 2.23. The molecule has 15 heavy (non-hydrogen) atoms. The molecule has 1 aromatic rings. The number of rotatable bonds is 4. The van der Waals surface area contributed by atoms with Gasteiger partial charge >= 0.3 is 0 Å². The molecule has 0 aromatic heterocycles. The Morgan fingerprint density at radius 3 is 2.67 bits per heavy atom. The van der Waals surface area contributed by atoms with E-state index in [0.717, 1.165) is 23.1 Å². The quantitative estimate of drug-likeness (QED) is 0.881. The molecule has 0 unspecified atom stereocenters. The Bertz CT molecular complexity index is 331. The van der Waals surface area contributed by atoms with Crippen LogP contribution < -0.4 is 5.32 Å². The number of benzene rings is 1. The third-order valence-electron chi connectivity index (χ3n) is 2.32.